The highest BCUT2D eigenvalue weighted by atomic mass is 19.2. The molecule has 0 fully saturated rings. The van der Waals surface area contributed by atoms with Gasteiger partial charge in [-0.15, -0.1) is 0 Å². The molecule has 0 radical (unpaired) electrons. The molecule has 26 heavy (non-hydrogen) atoms. The van der Waals surface area contributed by atoms with E-state index in [-0.39, 0.29) is 17.9 Å². The van der Waals surface area contributed by atoms with Gasteiger partial charge >= 0.3 is 0 Å². The summed E-state index contributed by atoms with van der Waals surface area (Å²) in [4.78, 5) is 0. The lowest BCUT2D eigenvalue weighted by atomic mass is 9.96. The van der Waals surface area contributed by atoms with Gasteiger partial charge in [-0.25, -0.2) is 13.2 Å². The van der Waals surface area contributed by atoms with Crippen LogP contribution in [0.1, 0.15) is 35.7 Å². The third-order valence-corrected chi connectivity index (χ3v) is 4.31. The summed E-state index contributed by atoms with van der Waals surface area (Å²) < 4.78 is 40.1. The van der Waals surface area contributed by atoms with Crippen molar-refractivity contribution in [1.29, 1.82) is 0 Å². The van der Waals surface area contributed by atoms with Gasteiger partial charge in [-0.3, -0.25) is 5.32 Å². The minimum atomic E-state index is -0.890. The fourth-order valence-corrected chi connectivity index (χ4v) is 2.91. The van der Waals surface area contributed by atoms with E-state index in [9.17, 15) is 13.2 Å². The number of benzene rings is 3. The first-order valence-electron chi connectivity index (χ1n) is 8.26. The van der Waals surface area contributed by atoms with Crippen LogP contribution in [-0.4, -0.2) is 0 Å². The van der Waals surface area contributed by atoms with Gasteiger partial charge < -0.3 is 5.73 Å². The van der Waals surface area contributed by atoms with Crippen LogP contribution in [0.2, 0.25) is 0 Å². The van der Waals surface area contributed by atoms with Crippen LogP contribution in [0.5, 0.6) is 0 Å². The summed E-state index contributed by atoms with van der Waals surface area (Å²) in [5.41, 5.74) is 8.85. The highest BCUT2D eigenvalue weighted by Crippen LogP contribution is 2.28. The Bertz CT molecular complexity index is 894. The normalized spacial score (nSPS) is 13.4. The van der Waals surface area contributed by atoms with Crippen molar-refractivity contribution in [2.75, 3.05) is 5.73 Å². The summed E-state index contributed by atoms with van der Waals surface area (Å²) in [6, 6.07) is 16.8. The minimum absolute atomic E-state index is 0.276. The first-order valence-corrected chi connectivity index (χ1v) is 8.26. The van der Waals surface area contributed by atoms with E-state index >= 15 is 0 Å². The van der Waals surface area contributed by atoms with Crippen LogP contribution in [0.4, 0.5) is 18.9 Å². The zero-order valence-electron chi connectivity index (χ0n) is 14.2. The zero-order valence-corrected chi connectivity index (χ0v) is 14.2. The highest BCUT2D eigenvalue weighted by molar-refractivity contribution is 5.44. The van der Waals surface area contributed by atoms with Crippen molar-refractivity contribution in [1.82, 2.24) is 5.32 Å². The monoisotopic (exact) mass is 356 g/mol. The molecule has 0 bridgehead atoms. The van der Waals surface area contributed by atoms with E-state index in [0.717, 1.165) is 17.2 Å². The molecule has 0 heterocycles. The number of rotatable bonds is 5. The molecule has 0 aliphatic carbocycles. The maximum atomic E-state index is 13.6. The maximum Gasteiger partial charge on any atom is 0.159 e. The molecule has 2 nitrogen and oxygen atoms in total. The number of nitrogens with one attached hydrogen (secondary N) is 1. The average Bonchev–Trinajstić information content (AvgIpc) is 2.62. The Morgan fingerprint density at radius 1 is 0.769 bits per heavy atom. The Labute approximate surface area is 150 Å². The highest BCUT2D eigenvalue weighted by Gasteiger charge is 2.19. The summed E-state index contributed by atoms with van der Waals surface area (Å²) in [6.07, 6.45) is 0. The second-order valence-electron chi connectivity index (χ2n) is 6.22. The third kappa shape index (κ3) is 4.06. The Morgan fingerprint density at radius 2 is 1.46 bits per heavy atom. The van der Waals surface area contributed by atoms with Crippen molar-refractivity contribution in [2.45, 2.75) is 19.0 Å². The molecule has 0 aromatic heterocycles. The maximum absolute atomic E-state index is 13.6. The fraction of sp³-hybridized carbons (Fsp3) is 0.143. The van der Waals surface area contributed by atoms with E-state index in [1.165, 1.54) is 24.3 Å². The number of hydrogen-bond acceptors (Lipinski definition) is 2. The number of hydrogen-bond donors (Lipinski definition) is 2. The number of halogens is 3. The lowest BCUT2D eigenvalue weighted by Gasteiger charge is -2.25. The molecule has 0 saturated carbocycles. The molecule has 5 heteroatoms. The summed E-state index contributed by atoms with van der Waals surface area (Å²) in [6.45, 7) is 1.86. The van der Waals surface area contributed by atoms with E-state index in [2.05, 4.69) is 5.32 Å². The Balaban J connectivity index is 1.94. The van der Waals surface area contributed by atoms with Crippen LogP contribution in [0, 0.1) is 17.5 Å². The molecule has 3 rings (SSSR count). The first kappa shape index (κ1) is 18.0. The molecule has 0 spiro atoms. The van der Waals surface area contributed by atoms with E-state index < -0.39 is 11.6 Å². The summed E-state index contributed by atoms with van der Waals surface area (Å²) in [7, 11) is 0. The fourth-order valence-electron chi connectivity index (χ4n) is 2.91. The molecule has 3 N–H and O–H groups in total. The number of nitrogens with two attached hydrogens (primary N) is 1. The van der Waals surface area contributed by atoms with Crippen molar-refractivity contribution < 1.29 is 13.2 Å². The molecule has 0 saturated heterocycles. The van der Waals surface area contributed by atoms with Gasteiger partial charge in [-0.05, 0) is 60.0 Å². The second-order valence-corrected chi connectivity index (χ2v) is 6.22. The van der Waals surface area contributed by atoms with Crippen molar-refractivity contribution in [3.05, 3.63) is 101 Å². The lowest BCUT2D eigenvalue weighted by molar-refractivity contribution is 0.490. The van der Waals surface area contributed by atoms with E-state index in [0.29, 0.717) is 11.3 Å². The van der Waals surface area contributed by atoms with Crippen molar-refractivity contribution >= 4 is 5.69 Å². The van der Waals surface area contributed by atoms with Gasteiger partial charge in [-0.1, -0.05) is 30.3 Å². The van der Waals surface area contributed by atoms with E-state index in [4.69, 9.17) is 5.73 Å². The van der Waals surface area contributed by atoms with Gasteiger partial charge in [0, 0.05) is 11.7 Å². The van der Waals surface area contributed by atoms with Crippen LogP contribution in [0.15, 0.2) is 66.7 Å². The molecule has 134 valence electrons. The third-order valence-electron chi connectivity index (χ3n) is 4.31. The first-order chi connectivity index (χ1) is 12.4. The average molecular weight is 356 g/mol. The van der Waals surface area contributed by atoms with Crippen LogP contribution in [0.3, 0.4) is 0 Å². The van der Waals surface area contributed by atoms with Crippen LogP contribution in [0.25, 0.3) is 0 Å². The van der Waals surface area contributed by atoms with Gasteiger partial charge in [0.25, 0.3) is 0 Å². The molecule has 0 amide bonds. The second kappa shape index (κ2) is 7.62. The molecule has 0 aliphatic heterocycles. The van der Waals surface area contributed by atoms with Crippen molar-refractivity contribution in [2.24, 2.45) is 0 Å². The molecule has 1 unspecified atom stereocenters. The van der Waals surface area contributed by atoms with Gasteiger partial charge in [0.05, 0.1) is 6.04 Å². The van der Waals surface area contributed by atoms with E-state index in [1.807, 2.05) is 25.1 Å². The summed E-state index contributed by atoms with van der Waals surface area (Å²) >= 11 is 0. The molecule has 3 aromatic carbocycles. The molecule has 2 atom stereocenters. The molecular formula is C21H19F3N2. The standard InChI is InChI=1S/C21H19F3N2/c1-13(15-7-10-19(23)20(24)12-15)26-21(14-5-8-17(22)9-6-14)16-3-2-4-18(25)11-16/h2-13,21,26H,25H2,1H3/t13-,21?/m1/s1. The van der Waals surface area contributed by atoms with E-state index in [1.54, 1.807) is 18.2 Å². The van der Waals surface area contributed by atoms with Gasteiger partial charge in [0.15, 0.2) is 11.6 Å². The summed E-state index contributed by atoms with van der Waals surface area (Å²) in [5, 5.41) is 3.39. The van der Waals surface area contributed by atoms with Gasteiger partial charge in [-0.2, -0.15) is 0 Å². The molecule has 3 aromatic rings. The minimum Gasteiger partial charge on any atom is -0.399 e. The molecule has 0 aliphatic rings. The molecular weight excluding hydrogens is 337 g/mol. The van der Waals surface area contributed by atoms with Crippen LogP contribution >= 0.6 is 0 Å². The Morgan fingerprint density at radius 3 is 2.12 bits per heavy atom. The Kier molecular flexibility index (Phi) is 5.28. The SMILES string of the molecule is C[C@@H](NC(c1ccc(F)cc1)c1cccc(N)c1)c1ccc(F)c(F)c1. The topological polar surface area (TPSA) is 38.0 Å². The van der Waals surface area contributed by atoms with Crippen molar-refractivity contribution in [3.63, 3.8) is 0 Å². The smallest absolute Gasteiger partial charge is 0.159 e. The van der Waals surface area contributed by atoms with Crippen LogP contribution in [-0.2, 0) is 0 Å². The quantitative estimate of drug-likeness (QED) is 0.622. The summed E-state index contributed by atoms with van der Waals surface area (Å²) in [5.74, 6) is -2.10. The predicted molar refractivity (Wildman–Crippen MR) is 97.0 cm³/mol. The largest absolute Gasteiger partial charge is 0.399 e. The lowest BCUT2D eigenvalue weighted by Crippen LogP contribution is -2.26. The number of anilines is 1. The van der Waals surface area contributed by atoms with Gasteiger partial charge in [0.1, 0.15) is 5.82 Å². The van der Waals surface area contributed by atoms with Gasteiger partial charge in [0.2, 0.25) is 0 Å². The predicted octanol–water partition coefficient (Wildman–Crippen LogP) is 5.13. The Hall–Kier alpha value is -2.79. The zero-order chi connectivity index (χ0) is 18.7. The number of nitrogen functional groups attached to an aromatic ring is 1. The van der Waals surface area contributed by atoms with Crippen molar-refractivity contribution in [3.8, 4) is 0 Å². The van der Waals surface area contributed by atoms with Crippen LogP contribution < -0.4 is 11.1 Å².